The van der Waals surface area contributed by atoms with Crippen molar-refractivity contribution in [2.45, 2.75) is 0 Å². The average Bonchev–Trinajstić information content (AvgIpc) is 2.07. The van der Waals surface area contributed by atoms with Crippen LogP contribution in [0.1, 0.15) is 0 Å². The molecule has 0 radical (unpaired) electrons. The topological polar surface area (TPSA) is 78.4 Å². The first-order chi connectivity index (χ1) is 6.06. The summed E-state index contributed by atoms with van der Waals surface area (Å²) < 4.78 is 4.83. The van der Waals surface area contributed by atoms with Crippen molar-refractivity contribution in [3.05, 3.63) is 27.3 Å². The average molecular weight is 203 g/mol. The largest absolute Gasteiger partial charge is 0.495 e. The number of benzene rings is 1. The molecule has 70 valence electrons. The summed E-state index contributed by atoms with van der Waals surface area (Å²) in [5.74, 6) is 0.324. The van der Waals surface area contributed by atoms with Gasteiger partial charge in [-0.2, -0.15) is 0 Å². The summed E-state index contributed by atoms with van der Waals surface area (Å²) in [6.45, 7) is 0. The molecule has 0 heterocycles. The third-order valence-electron chi connectivity index (χ3n) is 1.50. The van der Waals surface area contributed by atoms with E-state index in [4.69, 9.17) is 22.1 Å². The molecule has 0 fully saturated rings. The highest BCUT2D eigenvalue weighted by Gasteiger charge is 2.15. The van der Waals surface area contributed by atoms with Gasteiger partial charge in [0.15, 0.2) is 0 Å². The Kier molecular flexibility index (Phi) is 2.57. The zero-order valence-electron chi connectivity index (χ0n) is 6.78. The summed E-state index contributed by atoms with van der Waals surface area (Å²) in [6, 6.07) is 2.48. The van der Waals surface area contributed by atoms with E-state index in [0.29, 0.717) is 5.75 Å². The van der Waals surface area contributed by atoms with Crippen LogP contribution < -0.4 is 10.5 Å². The minimum absolute atomic E-state index is 0.0336. The Hall–Kier alpha value is -1.49. The Bertz CT molecular complexity index is 354. The first-order valence-electron chi connectivity index (χ1n) is 3.33. The fourth-order valence-corrected chi connectivity index (χ4v) is 1.11. The highest BCUT2D eigenvalue weighted by Crippen LogP contribution is 2.33. The van der Waals surface area contributed by atoms with Crippen LogP contribution in [0.3, 0.4) is 0 Å². The van der Waals surface area contributed by atoms with Crippen molar-refractivity contribution in [1.29, 1.82) is 0 Å². The minimum Gasteiger partial charge on any atom is -0.495 e. The third kappa shape index (κ3) is 1.81. The van der Waals surface area contributed by atoms with Crippen molar-refractivity contribution < 1.29 is 9.66 Å². The lowest BCUT2D eigenvalue weighted by Gasteiger charge is -2.03. The summed E-state index contributed by atoms with van der Waals surface area (Å²) in [6.07, 6.45) is 0. The lowest BCUT2D eigenvalue weighted by Crippen LogP contribution is -1.96. The Balaban J connectivity index is 3.28. The molecule has 0 bridgehead atoms. The Morgan fingerprint density at radius 3 is 2.69 bits per heavy atom. The summed E-state index contributed by atoms with van der Waals surface area (Å²) in [4.78, 5) is 9.80. The molecule has 0 atom stereocenters. The molecule has 0 aromatic heterocycles. The Morgan fingerprint density at radius 2 is 2.23 bits per heavy atom. The molecule has 1 aromatic carbocycles. The number of nitrogen functional groups attached to an aromatic ring is 1. The maximum Gasteiger partial charge on any atom is 0.293 e. The number of methoxy groups -OCH3 is 1. The van der Waals surface area contributed by atoms with Gasteiger partial charge in [0.25, 0.3) is 5.69 Å². The predicted octanol–water partition coefficient (Wildman–Crippen LogP) is 1.84. The quantitative estimate of drug-likeness (QED) is 0.451. The fourth-order valence-electron chi connectivity index (χ4n) is 0.873. The van der Waals surface area contributed by atoms with Crippen LogP contribution in [0.25, 0.3) is 0 Å². The number of rotatable bonds is 2. The zero-order chi connectivity index (χ0) is 10.0. The van der Waals surface area contributed by atoms with E-state index in [9.17, 15) is 10.1 Å². The van der Waals surface area contributed by atoms with Crippen molar-refractivity contribution >= 4 is 23.0 Å². The second-order valence-corrected chi connectivity index (χ2v) is 2.71. The number of nitrogens with zero attached hydrogens (tertiary/aromatic N) is 1. The summed E-state index contributed by atoms with van der Waals surface area (Å²) in [5, 5.41) is 10.6. The molecule has 0 amide bonds. The molecular weight excluding hydrogens is 196 g/mol. The maximum absolute atomic E-state index is 10.4. The molecule has 13 heavy (non-hydrogen) atoms. The summed E-state index contributed by atoms with van der Waals surface area (Å²) in [5.41, 5.74) is 5.20. The van der Waals surface area contributed by atoms with Gasteiger partial charge in [0, 0.05) is 12.1 Å². The normalized spacial score (nSPS) is 9.69. The van der Waals surface area contributed by atoms with Crippen molar-refractivity contribution in [1.82, 2.24) is 0 Å². The van der Waals surface area contributed by atoms with E-state index in [1.807, 2.05) is 0 Å². The van der Waals surface area contributed by atoms with Gasteiger partial charge in [-0.1, -0.05) is 11.6 Å². The number of nitrogens with two attached hydrogens (primary N) is 1. The van der Waals surface area contributed by atoms with E-state index in [1.165, 1.54) is 13.2 Å². The van der Waals surface area contributed by atoms with Gasteiger partial charge in [-0.05, 0) is 0 Å². The number of halogens is 1. The zero-order valence-corrected chi connectivity index (χ0v) is 7.54. The maximum atomic E-state index is 10.4. The van der Waals surface area contributed by atoms with Gasteiger partial charge in [0.05, 0.1) is 17.1 Å². The number of nitro benzene ring substituents is 1. The molecule has 1 aromatic rings. The lowest BCUT2D eigenvalue weighted by molar-refractivity contribution is -0.383. The molecular formula is C7H7ClN2O3. The van der Waals surface area contributed by atoms with Gasteiger partial charge in [0.2, 0.25) is 0 Å². The van der Waals surface area contributed by atoms with Gasteiger partial charge in [-0.3, -0.25) is 10.1 Å². The molecule has 2 N–H and O–H groups in total. The standard InChI is InChI=1S/C7H7ClN2O3/c1-13-7-3-5(9)6(10(11)12)2-4(7)8/h2-3H,9H2,1H3. The van der Waals surface area contributed by atoms with Crippen LogP contribution in [-0.2, 0) is 0 Å². The molecule has 0 aliphatic carbocycles. The highest BCUT2D eigenvalue weighted by atomic mass is 35.5. The van der Waals surface area contributed by atoms with Crippen LogP contribution in [0.4, 0.5) is 11.4 Å². The fraction of sp³-hybridized carbons (Fsp3) is 0.143. The van der Waals surface area contributed by atoms with Gasteiger partial charge in [0.1, 0.15) is 11.4 Å². The first kappa shape index (κ1) is 9.60. The van der Waals surface area contributed by atoms with Crippen LogP contribution in [0, 0.1) is 10.1 Å². The van der Waals surface area contributed by atoms with Crippen LogP contribution in [0.2, 0.25) is 5.02 Å². The van der Waals surface area contributed by atoms with E-state index < -0.39 is 4.92 Å². The number of nitro groups is 1. The van der Waals surface area contributed by atoms with Gasteiger partial charge in [-0.15, -0.1) is 0 Å². The van der Waals surface area contributed by atoms with Crippen LogP contribution >= 0.6 is 11.6 Å². The first-order valence-corrected chi connectivity index (χ1v) is 3.71. The molecule has 1 rings (SSSR count). The van der Waals surface area contributed by atoms with Crippen molar-refractivity contribution in [2.24, 2.45) is 0 Å². The molecule has 6 heteroatoms. The number of anilines is 1. The van der Waals surface area contributed by atoms with E-state index in [-0.39, 0.29) is 16.4 Å². The van der Waals surface area contributed by atoms with E-state index in [2.05, 4.69) is 0 Å². The molecule has 0 saturated carbocycles. The van der Waals surface area contributed by atoms with Crippen LogP contribution in [0.15, 0.2) is 12.1 Å². The Labute approximate surface area is 79.2 Å². The van der Waals surface area contributed by atoms with Crippen molar-refractivity contribution in [2.75, 3.05) is 12.8 Å². The number of ether oxygens (including phenoxy) is 1. The monoisotopic (exact) mass is 202 g/mol. The number of hydrogen-bond acceptors (Lipinski definition) is 4. The van der Waals surface area contributed by atoms with Crippen LogP contribution in [-0.4, -0.2) is 12.0 Å². The Morgan fingerprint density at radius 1 is 1.62 bits per heavy atom. The SMILES string of the molecule is COc1cc(N)c([N+](=O)[O-])cc1Cl. The summed E-state index contributed by atoms with van der Waals surface area (Å²) in [7, 11) is 1.41. The van der Waals surface area contributed by atoms with E-state index >= 15 is 0 Å². The van der Waals surface area contributed by atoms with Crippen LogP contribution in [0.5, 0.6) is 5.75 Å². The van der Waals surface area contributed by atoms with Crippen molar-refractivity contribution in [3.8, 4) is 5.75 Å². The van der Waals surface area contributed by atoms with E-state index in [0.717, 1.165) is 6.07 Å². The van der Waals surface area contributed by atoms with Gasteiger partial charge < -0.3 is 10.5 Å². The van der Waals surface area contributed by atoms with E-state index in [1.54, 1.807) is 0 Å². The summed E-state index contributed by atoms with van der Waals surface area (Å²) >= 11 is 5.66. The smallest absolute Gasteiger partial charge is 0.293 e. The second-order valence-electron chi connectivity index (χ2n) is 2.30. The van der Waals surface area contributed by atoms with Crippen molar-refractivity contribution in [3.63, 3.8) is 0 Å². The second kappa shape index (κ2) is 3.49. The van der Waals surface area contributed by atoms with Gasteiger partial charge >= 0.3 is 0 Å². The van der Waals surface area contributed by atoms with Gasteiger partial charge in [-0.25, -0.2) is 0 Å². The minimum atomic E-state index is -0.597. The predicted molar refractivity (Wildman–Crippen MR) is 49.1 cm³/mol. The lowest BCUT2D eigenvalue weighted by atomic mass is 10.2. The molecule has 0 aliphatic heterocycles. The molecule has 5 nitrogen and oxygen atoms in total. The highest BCUT2D eigenvalue weighted by molar-refractivity contribution is 6.32. The number of hydrogen-bond donors (Lipinski definition) is 1. The molecule has 0 saturated heterocycles. The molecule has 0 spiro atoms. The third-order valence-corrected chi connectivity index (χ3v) is 1.79. The molecule has 0 unspecified atom stereocenters. The molecule has 0 aliphatic rings.